The number of piperazine rings is 1. The second-order valence-electron chi connectivity index (χ2n) is 6.72. The molecule has 1 aromatic heterocycles. The van der Waals surface area contributed by atoms with Gasteiger partial charge in [0.05, 0.1) is 18.4 Å². The minimum atomic E-state index is -0.165. The van der Waals surface area contributed by atoms with Crippen molar-refractivity contribution in [1.82, 2.24) is 20.0 Å². The summed E-state index contributed by atoms with van der Waals surface area (Å²) in [5.74, 6) is 2.03. The van der Waals surface area contributed by atoms with Gasteiger partial charge < -0.3 is 15.1 Å². The third-order valence-electron chi connectivity index (χ3n) is 4.57. The highest BCUT2D eigenvalue weighted by Crippen LogP contribution is 2.17. The minimum Gasteiger partial charge on any atom is -0.357 e. The van der Waals surface area contributed by atoms with Gasteiger partial charge in [-0.1, -0.05) is 18.2 Å². The number of carbonyl (C=O) groups is 1. The smallest absolute Gasteiger partial charge is 0.246 e. The van der Waals surface area contributed by atoms with E-state index in [-0.39, 0.29) is 18.3 Å². The number of amides is 1. The molecular weight excluding hydrogens is 391 g/mol. The van der Waals surface area contributed by atoms with E-state index >= 15 is 0 Å². The third kappa shape index (κ3) is 5.72. The molecular formula is C20H27FN6OS. The molecule has 7 nitrogen and oxygen atoms in total. The van der Waals surface area contributed by atoms with Crippen LogP contribution in [0, 0.1) is 5.82 Å². The summed E-state index contributed by atoms with van der Waals surface area (Å²) in [5, 5.41) is 7.41. The van der Waals surface area contributed by atoms with Gasteiger partial charge in [-0.2, -0.15) is 16.9 Å². The van der Waals surface area contributed by atoms with Crippen LogP contribution in [0.25, 0.3) is 0 Å². The number of hydrogen-bond acceptors (Lipinski definition) is 4. The number of rotatable bonds is 7. The van der Waals surface area contributed by atoms with E-state index in [9.17, 15) is 9.18 Å². The highest BCUT2D eigenvalue weighted by atomic mass is 32.2. The van der Waals surface area contributed by atoms with Crippen molar-refractivity contribution < 1.29 is 9.18 Å². The van der Waals surface area contributed by atoms with E-state index in [1.807, 2.05) is 37.2 Å². The van der Waals surface area contributed by atoms with E-state index < -0.39 is 0 Å². The molecule has 0 bridgehead atoms. The second kappa shape index (κ2) is 10.3. The molecule has 0 aliphatic carbocycles. The lowest BCUT2D eigenvalue weighted by atomic mass is 10.2. The van der Waals surface area contributed by atoms with Crippen molar-refractivity contribution in [2.75, 3.05) is 43.4 Å². The second-order valence-corrected chi connectivity index (χ2v) is 7.82. The summed E-state index contributed by atoms with van der Waals surface area (Å²) in [5.41, 5.74) is 1.54. The number of guanidine groups is 1. The van der Waals surface area contributed by atoms with Crippen LogP contribution in [-0.4, -0.2) is 65.0 Å². The first-order chi connectivity index (χ1) is 14.1. The van der Waals surface area contributed by atoms with E-state index in [0.717, 1.165) is 23.9 Å². The van der Waals surface area contributed by atoms with Crippen molar-refractivity contribution in [2.45, 2.75) is 12.7 Å². The van der Waals surface area contributed by atoms with Gasteiger partial charge in [0.25, 0.3) is 0 Å². The topological polar surface area (TPSA) is 65.8 Å². The van der Waals surface area contributed by atoms with Gasteiger partial charge in [-0.05, 0) is 18.6 Å². The number of aromatic nitrogens is 2. The molecule has 2 heterocycles. The van der Waals surface area contributed by atoms with Crippen molar-refractivity contribution >= 4 is 29.3 Å². The average molecular weight is 419 g/mol. The first kappa shape index (κ1) is 21.2. The van der Waals surface area contributed by atoms with Crippen molar-refractivity contribution in [1.29, 1.82) is 0 Å². The van der Waals surface area contributed by atoms with Crippen LogP contribution in [-0.2, 0) is 17.6 Å². The zero-order valence-electron chi connectivity index (χ0n) is 16.8. The molecule has 0 saturated carbocycles. The van der Waals surface area contributed by atoms with Gasteiger partial charge in [0.15, 0.2) is 5.96 Å². The van der Waals surface area contributed by atoms with Crippen LogP contribution in [0.1, 0.15) is 12.5 Å². The molecule has 3 rings (SSSR count). The van der Waals surface area contributed by atoms with Crippen LogP contribution in [0.15, 0.2) is 41.7 Å². The van der Waals surface area contributed by atoms with Gasteiger partial charge in [0.1, 0.15) is 12.4 Å². The molecule has 1 aliphatic rings. The Morgan fingerprint density at radius 3 is 2.86 bits per heavy atom. The molecule has 1 amide bonds. The lowest BCUT2D eigenvalue weighted by Gasteiger charge is -2.35. The van der Waals surface area contributed by atoms with E-state index in [1.54, 1.807) is 33.6 Å². The van der Waals surface area contributed by atoms with E-state index in [0.29, 0.717) is 31.0 Å². The lowest BCUT2D eigenvalue weighted by Crippen LogP contribution is -2.55. The highest BCUT2D eigenvalue weighted by molar-refractivity contribution is 7.98. The number of aryl methyl sites for hydroxylation is 1. The van der Waals surface area contributed by atoms with Gasteiger partial charge in [-0.15, -0.1) is 0 Å². The average Bonchev–Trinajstić information content (AvgIpc) is 3.14. The number of thioether (sulfide) groups is 1. The number of nitrogens with zero attached hydrogens (tertiary/aromatic N) is 5. The summed E-state index contributed by atoms with van der Waals surface area (Å²) in [6.45, 7) is 4.93. The zero-order valence-corrected chi connectivity index (χ0v) is 17.7. The van der Waals surface area contributed by atoms with Crippen LogP contribution < -0.4 is 10.2 Å². The number of benzene rings is 1. The largest absolute Gasteiger partial charge is 0.357 e. The molecule has 1 saturated heterocycles. The fraction of sp³-hybridized carbons (Fsp3) is 0.450. The number of carbonyl (C=O) groups excluding carboxylic acids is 1. The molecule has 29 heavy (non-hydrogen) atoms. The molecule has 1 aliphatic heterocycles. The van der Waals surface area contributed by atoms with Crippen LogP contribution in [0.2, 0.25) is 0 Å². The van der Waals surface area contributed by atoms with E-state index in [2.05, 4.69) is 15.4 Å². The maximum atomic E-state index is 13.7. The fourth-order valence-corrected chi connectivity index (χ4v) is 3.93. The van der Waals surface area contributed by atoms with Gasteiger partial charge in [-0.3, -0.25) is 14.5 Å². The third-order valence-corrected chi connectivity index (χ3v) is 5.56. The van der Waals surface area contributed by atoms with Crippen molar-refractivity contribution in [2.24, 2.45) is 12.0 Å². The molecule has 0 atom stereocenters. The molecule has 9 heteroatoms. The molecule has 1 N–H and O–H groups in total. The maximum Gasteiger partial charge on any atom is 0.246 e. The molecule has 1 fully saturated rings. The molecule has 0 spiro atoms. The van der Waals surface area contributed by atoms with Crippen molar-refractivity contribution in [3.63, 3.8) is 0 Å². The number of aliphatic imine (C=N–C) groups is 1. The summed E-state index contributed by atoms with van der Waals surface area (Å²) >= 11 is 1.65. The Morgan fingerprint density at radius 2 is 2.17 bits per heavy atom. The zero-order chi connectivity index (χ0) is 20.6. The van der Waals surface area contributed by atoms with Crippen LogP contribution >= 0.6 is 11.8 Å². The SMILES string of the molecule is CCNC(=NCCSCc1ccccc1F)N1CCN(c2cnn(C)c2)C(=O)C1. The van der Waals surface area contributed by atoms with Gasteiger partial charge >= 0.3 is 0 Å². The minimum absolute atomic E-state index is 0.0313. The summed E-state index contributed by atoms with van der Waals surface area (Å²) in [7, 11) is 1.84. The monoisotopic (exact) mass is 418 g/mol. The molecule has 2 aromatic rings. The summed E-state index contributed by atoms with van der Waals surface area (Å²) < 4.78 is 15.4. The Bertz CT molecular complexity index is 855. The van der Waals surface area contributed by atoms with E-state index in [4.69, 9.17) is 0 Å². The van der Waals surface area contributed by atoms with Crippen LogP contribution in [0.5, 0.6) is 0 Å². The number of hydrogen-bond donors (Lipinski definition) is 1. The first-order valence-corrected chi connectivity index (χ1v) is 10.9. The van der Waals surface area contributed by atoms with Crippen LogP contribution in [0.3, 0.4) is 0 Å². The van der Waals surface area contributed by atoms with Crippen molar-refractivity contribution in [3.8, 4) is 0 Å². The van der Waals surface area contributed by atoms with Crippen LogP contribution in [0.4, 0.5) is 10.1 Å². The van der Waals surface area contributed by atoms with Gasteiger partial charge in [-0.25, -0.2) is 4.39 Å². The lowest BCUT2D eigenvalue weighted by molar-refractivity contribution is -0.120. The molecule has 0 unspecified atom stereocenters. The summed E-state index contributed by atoms with van der Waals surface area (Å²) in [6, 6.07) is 6.84. The molecule has 156 valence electrons. The predicted octanol–water partition coefficient (Wildman–Crippen LogP) is 2.11. The van der Waals surface area contributed by atoms with E-state index in [1.165, 1.54) is 6.07 Å². The standard InChI is InChI=1S/C20H27FN6OS/c1-3-22-20(23-8-11-29-15-16-6-4-5-7-18(16)21)26-9-10-27(19(28)14-26)17-12-24-25(2)13-17/h4-7,12-13H,3,8-11,14-15H2,1-2H3,(H,22,23). The Balaban J connectivity index is 1.51. The summed E-state index contributed by atoms with van der Waals surface area (Å²) in [4.78, 5) is 21.0. The van der Waals surface area contributed by atoms with Crippen molar-refractivity contribution in [3.05, 3.63) is 48.0 Å². The number of anilines is 1. The van der Waals surface area contributed by atoms with Gasteiger partial charge in [0, 0.05) is 44.4 Å². The first-order valence-electron chi connectivity index (χ1n) is 9.72. The normalized spacial score (nSPS) is 15.1. The number of nitrogens with one attached hydrogen (secondary N) is 1. The molecule has 1 aromatic carbocycles. The Morgan fingerprint density at radius 1 is 1.34 bits per heavy atom. The number of halogens is 1. The molecule has 0 radical (unpaired) electrons. The Labute approximate surface area is 175 Å². The quantitative estimate of drug-likeness (QED) is 0.424. The van der Waals surface area contributed by atoms with Gasteiger partial charge in [0.2, 0.25) is 5.91 Å². The predicted molar refractivity (Wildman–Crippen MR) is 116 cm³/mol. The summed E-state index contributed by atoms with van der Waals surface area (Å²) in [6.07, 6.45) is 3.55. The fourth-order valence-electron chi connectivity index (χ4n) is 3.11. The maximum absolute atomic E-state index is 13.7. The highest BCUT2D eigenvalue weighted by Gasteiger charge is 2.27. The Kier molecular flexibility index (Phi) is 7.51. The Hall–Kier alpha value is -2.55.